The Morgan fingerprint density at radius 1 is 0.556 bits per heavy atom. The quantitative estimate of drug-likeness (QED) is 0.115. The fraction of sp³-hybridized carbons (Fsp3) is 0.976. The van der Waals surface area contributed by atoms with E-state index in [0.29, 0.717) is 13.0 Å². The van der Waals surface area contributed by atoms with Crippen LogP contribution in [-0.2, 0) is 14.3 Å². The van der Waals surface area contributed by atoms with Crippen LogP contribution < -0.4 is 0 Å². The number of hydrogen-bond donors (Lipinski definition) is 1. The number of aliphatic hydroxyl groups is 1. The van der Waals surface area contributed by atoms with E-state index in [9.17, 15) is 9.90 Å². The lowest BCUT2D eigenvalue weighted by Gasteiger charge is -2.74. The summed E-state index contributed by atoms with van der Waals surface area (Å²) in [6.07, 6.45) is 29.4. The maximum Gasteiger partial charge on any atom is 0.305 e. The minimum atomic E-state index is -0.378. The number of ether oxygens (including phenoxy) is 2. The van der Waals surface area contributed by atoms with Crippen molar-refractivity contribution in [1.29, 1.82) is 0 Å². The maximum atomic E-state index is 12.3. The van der Waals surface area contributed by atoms with Crippen molar-refractivity contribution in [3.05, 3.63) is 0 Å². The minimum absolute atomic E-state index is 0.0784. The summed E-state index contributed by atoms with van der Waals surface area (Å²) in [6, 6.07) is 0. The van der Waals surface area contributed by atoms with Crippen molar-refractivity contribution in [1.82, 2.24) is 0 Å². The number of fused-ring (bicyclic) bond motifs is 14. The number of esters is 1. The van der Waals surface area contributed by atoms with Gasteiger partial charge in [0.05, 0.1) is 6.61 Å². The highest BCUT2D eigenvalue weighted by atomic mass is 16.6. The monoisotopic (exact) mass is 622 g/mol. The molecule has 8 saturated carbocycles. The number of carbonyl (C=O) groups excluding carboxylic acids is 1. The molecule has 4 heteroatoms. The van der Waals surface area contributed by atoms with Gasteiger partial charge >= 0.3 is 5.97 Å². The van der Waals surface area contributed by atoms with Crippen molar-refractivity contribution in [3.63, 3.8) is 0 Å². The average Bonchev–Trinajstić information content (AvgIpc) is 3.03. The Kier molecular flexibility index (Phi) is 9.91. The molecule has 15 atom stereocenters. The minimum Gasteiger partial charge on any atom is -0.463 e. The van der Waals surface area contributed by atoms with Crippen LogP contribution in [0.5, 0.6) is 0 Å². The average molecular weight is 623 g/mol. The van der Waals surface area contributed by atoms with Gasteiger partial charge in [0.15, 0.2) is 0 Å². The molecule has 0 aliphatic heterocycles. The largest absolute Gasteiger partial charge is 0.463 e. The van der Waals surface area contributed by atoms with E-state index in [-0.39, 0.29) is 25.3 Å². The normalized spacial score (nSPS) is 45.1. The second kappa shape index (κ2) is 14.1. The summed E-state index contributed by atoms with van der Waals surface area (Å²) >= 11 is 0. The molecule has 0 amide bonds. The standard InChI is InChI=1S/C41H66O4/c42-24-28(25-45-37(43)12-8-5-7-11-27-14-16-34-36(23-27)41-32-20-18-30(32)39(34)41)44-21-9-4-2-1-3-6-10-26-13-15-33-35(22-26)40-31-19-17-29(31)38(33)40/h26-36,38-42H,1-25H2/t26?,27?,28-,29?,30?,31?,32?,33?,34?,35?,36?,38?,39?,40?,41?/m0/s1. The van der Waals surface area contributed by atoms with Crippen molar-refractivity contribution < 1.29 is 19.4 Å². The van der Waals surface area contributed by atoms with E-state index in [2.05, 4.69) is 0 Å². The van der Waals surface area contributed by atoms with Gasteiger partial charge in [-0.05, 0) is 147 Å². The zero-order valence-electron chi connectivity index (χ0n) is 28.5. The van der Waals surface area contributed by atoms with Crippen molar-refractivity contribution in [2.75, 3.05) is 19.8 Å². The summed E-state index contributed by atoms with van der Waals surface area (Å²) in [5, 5.41) is 9.70. The smallest absolute Gasteiger partial charge is 0.305 e. The Hall–Kier alpha value is -0.610. The molecule has 1 N–H and O–H groups in total. The number of carbonyl (C=O) groups is 1. The van der Waals surface area contributed by atoms with E-state index in [4.69, 9.17) is 9.47 Å². The van der Waals surface area contributed by atoms with Crippen LogP contribution in [0.2, 0.25) is 0 Å². The molecular formula is C41H66O4. The second-order valence-corrected chi connectivity index (χ2v) is 18.0. The lowest BCUT2D eigenvalue weighted by atomic mass is 9.30. The molecule has 0 aromatic rings. The van der Waals surface area contributed by atoms with Crippen LogP contribution in [-0.4, -0.2) is 37.0 Å². The van der Waals surface area contributed by atoms with Gasteiger partial charge in [-0.1, -0.05) is 70.6 Å². The summed E-state index contributed by atoms with van der Waals surface area (Å²) in [4.78, 5) is 12.3. The van der Waals surface area contributed by atoms with E-state index < -0.39 is 0 Å². The molecule has 8 rings (SSSR count). The van der Waals surface area contributed by atoms with Crippen molar-refractivity contribution in [2.24, 2.45) is 82.9 Å². The van der Waals surface area contributed by atoms with Gasteiger partial charge in [-0.25, -0.2) is 0 Å². The zero-order valence-corrected chi connectivity index (χ0v) is 28.5. The first-order chi connectivity index (χ1) is 22.2. The summed E-state index contributed by atoms with van der Waals surface area (Å²) in [5.41, 5.74) is 0. The number of rotatable bonds is 19. The molecule has 0 spiro atoms. The number of aliphatic hydroxyl groups excluding tert-OH is 1. The van der Waals surface area contributed by atoms with E-state index in [1.54, 1.807) is 38.5 Å². The molecule has 4 nitrogen and oxygen atoms in total. The first-order valence-corrected chi connectivity index (χ1v) is 20.6. The SMILES string of the molecule is O=C(CCCCCC1CCC2C(C1)C1C3CCC3C21)OC[C@H](CO)OCCCCCCCCC1CCC2C(C1)C1C3CCC3C21. The van der Waals surface area contributed by atoms with Gasteiger partial charge < -0.3 is 14.6 Å². The molecule has 8 aliphatic rings. The van der Waals surface area contributed by atoms with Gasteiger partial charge in [0.1, 0.15) is 12.7 Å². The predicted molar refractivity (Wildman–Crippen MR) is 178 cm³/mol. The molecular weight excluding hydrogens is 556 g/mol. The topological polar surface area (TPSA) is 55.8 Å². The fourth-order valence-corrected chi connectivity index (χ4v) is 13.8. The van der Waals surface area contributed by atoms with Gasteiger partial charge in [0.2, 0.25) is 0 Å². The van der Waals surface area contributed by atoms with Gasteiger partial charge in [-0.15, -0.1) is 0 Å². The Labute approximate surface area is 274 Å². The Morgan fingerprint density at radius 3 is 1.53 bits per heavy atom. The van der Waals surface area contributed by atoms with Crippen molar-refractivity contribution >= 4 is 5.97 Å². The van der Waals surface area contributed by atoms with E-state index in [1.165, 1.54) is 101 Å². The van der Waals surface area contributed by atoms with Crippen LogP contribution in [0.3, 0.4) is 0 Å². The molecule has 14 unspecified atom stereocenters. The van der Waals surface area contributed by atoms with Crippen LogP contribution in [0.1, 0.15) is 141 Å². The second-order valence-electron chi connectivity index (χ2n) is 18.0. The molecule has 8 fully saturated rings. The fourth-order valence-electron chi connectivity index (χ4n) is 13.8. The highest BCUT2D eigenvalue weighted by molar-refractivity contribution is 5.69. The zero-order chi connectivity index (χ0) is 30.3. The molecule has 254 valence electrons. The number of hydrogen-bond acceptors (Lipinski definition) is 4. The molecule has 0 radical (unpaired) electrons. The summed E-state index contributed by atoms with van der Waals surface area (Å²) in [7, 11) is 0. The van der Waals surface area contributed by atoms with Gasteiger partial charge in [-0.2, -0.15) is 0 Å². The summed E-state index contributed by atoms with van der Waals surface area (Å²) in [6.45, 7) is 0.767. The van der Waals surface area contributed by atoms with Crippen LogP contribution in [0.25, 0.3) is 0 Å². The molecule has 45 heavy (non-hydrogen) atoms. The molecule has 0 aromatic heterocycles. The van der Waals surface area contributed by atoms with Gasteiger partial charge in [0, 0.05) is 13.0 Å². The third-order valence-electron chi connectivity index (χ3n) is 16.2. The lowest BCUT2D eigenvalue weighted by Crippen LogP contribution is -2.69. The number of unbranched alkanes of at least 4 members (excludes halogenated alkanes) is 7. The van der Waals surface area contributed by atoms with Crippen LogP contribution in [0, 0.1) is 82.9 Å². The van der Waals surface area contributed by atoms with Gasteiger partial charge in [0.25, 0.3) is 0 Å². The highest BCUT2D eigenvalue weighted by Gasteiger charge is 2.69. The maximum absolute atomic E-state index is 12.3. The van der Waals surface area contributed by atoms with Crippen molar-refractivity contribution in [3.8, 4) is 0 Å². The predicted octanol–water partition coefficient (Wildman–Crippen LogP) is 9.22. The van der Waals surface area contributed by atoms with E-state index in [1.807, 2.05) is 0 Å². The van der Waals surface area contributed by atoms with E-state index in [0.717, 1.165) is 78.4 Å². The molecule has 8 aliphatic carbocycles. The molecule has 0 aromatic carbocycles. The Morgan fingerprint density at radius 2 is 1.00 bits per heavy atom. The summed E-state index contributed by atoms with van der Waals surface area (Å²) in [5.74, 6) is 15.7. The van der Waals surface area contributed by atoms with Crippen molar-refractivity contribution in [2.45, 2.75) is 147 Å². The van der Waals surface area contributed by atoms with Crippen LogP contribution >= 0.6 is 0 Å². The molecule has 0 bridgehead atoms. The molecule has 0 saturated heterocycles. The van der Waals surface area contributed by atoms with Gasteiger partial charge in [-0.3, -0.25) is 4.79 Å². The van der Waals surface area contributed by atoms with E-state index >= 15 is 0 Å². The summed E-state index contributed by atoms with van der Waals surface area (Å²) < 4.78 is 11.3. The highest BCUT2D eigenvalue weighted by Crippen LogP contribution is 2.75. The van der Waals surface area contributed by atoms with Crippen LogP contribution in [0.15, 0.2) is 0 Å². The molecule has 0 heterocycles. The third kappa shape index (κ3) is 6.10. The third-order valence-corrected chi connectivity index (χ3v) is 16.2. The first-order valence-electron chi connectivity index (χ1n) is 20.6. The lowest BCUT2D eigenvalue weighted by molar-refractivity contribution is -0.264. The Balaban J connectivity index is 0.590. The Bertz CT molecular complexity index is 984. The van der Waals surface area contributed by atoms with Crippen LogP contribution in [0.4, 0.5) is 0 Å². The first kappa shape index (κ1) is 31.6.